The molecule has 1 atom stereocenters. The van der Waals surface area contributed by atoms with Gasteiger partial charge in [0.2, 0.25) is 16.9 Å². The van der Waals surface area contributed by atoms with Crippen molar-refractivity contribution in [3.63, 3.8) is 0 Å². The van der Waals surface area contributed by atoms with E-state index in [1.807, 2.05) is 6.92 Å². The van der Waals surface area contributed by atoms with Crippen LogP contribution in [0.5, 0.6) is 5.75 Å². The van der Waals surface area contributed by atoms with E-state index in [0.717, 1.165) is 19.1 Å². The fourth-order valence-corrected chi connectivity index (χ4v) is 2.76. The van der Waals surface area contributed by atoms with Crippen LogP contribution < -0.4 is 20.8 Å². The van der Waals surface area contributed by atoms with Gasteiger partial charge in [0.1, 0.15) is 5.60 Å². The van der Waals surface area contributed by atoms with Crippen molar-refractivity contribution in [1.29, 1.82) is 0 Å². The highest BCUT2D eigenvalue weighted by molar-refractivity contribution is 5.94. The summed E-state index contributed by atoms with van der Waals surface area (Å²) < 4.78 is 21.5. The third-order valence-electron chi connectivity index (χ3n) is 4.24. The van der Waals surface area contributed by atoms with Crippen LogP contribution >= 0.6 is 0 Å². The number of carbonyl (C=O) groups excluding carboxylic acids is 2. The summed E-state index contributed by atoms with van der Waals surface area (Å²) in [5.41, 5.74) is -1.91. The molecule has 9 nitrogen and oxygen atoms in total. The number of ether oxygens (including phenoxy) is 3. The standard InChI is InChI=1S/C20H30N2O7/c1-5-6-9-27-15-14(23)7-10-28-16(15)17(24)22-20(8-11-26-13-20)12-21-18(25)29-19(2,3)4/h7,10H,5-6,8-9,11-13H2,1-4H3,(H,21,25)(H,22,24). The molecule has 1 aliphatic heterocycles. The molecular formula is C20H30N2O7. The van der Waals surface area contributed by atoms with Crippen LogP contribution in [-0.4, -0.2) is 49.5 Å². The molecule has 2 rings (SSSR count). The van der Waals surface area contributed by atoms with Crippen LogP contribution in [0.3, 0.4) is 0 Å². The van der Waals surface area contributed by atoms with Gasteiger partial charge in [0.25, 0.3) is 5.91 Å². The van der Waals surface area contributed by atoms with Gasteiger partial charge in [0.05, 0.1) is 25.0 Å². The Balaban J connectivity index is 2.11. The van der Waals surface area contributed by atoms with Crippen LogP contribution in [0.4, 0.5) is 4.79 Å². The van der Waals surface area contributed by atoms with E-state index in [1.54, 1.807) is 20.8 Å². The molecule has 1 saturated heterocycles. The Bertz CT molecular complexity index is 761. The third-order valence-corrected chi connectivity index (χ3v) is 4.24. The molecule has 2 N–H and O–H groups in total. The van der Waals surface area contributed by atoms with Gasteiger partial charge in [-0.15, -0.1) is 0 Å². The number of hydrogen-bond donors (Lipinski definition) is 2. The Morgan fingerprint density at radius 2 is 2.07 bits per heavy atom. The van der Waals surface area contributed by atoms with Gasteiger partial charge >= 0.3 is 6.09 Å². The number of hydrogen-bond acceptors (Lipinski definition) is 7. The van der Waals surface area contributed by atoms with Crippen LogP contribution in [0.2, 0.25) is 0 Å². The fraction of sp³-hybridized carbons (Fsp3) is 0.650. The van der Waals surface area contributed by atoms with Crippen LogP contribution in [-0.2, 0) is 9.47 Å². The van der Waals surface area contributed by atoms with Gasteiger partial charge in [0.15, 0.2) is 0 Å². The topological polar surface area (TPSA) is 116 Å². The molecule has 29 heavy (non-hydrogen) atoms. The molecule has 2 amide bonds. The van der Waals surface area contributed by atoms with E-state index in [0.29, 0.717) is 19.6 Å². The number of rotatable bonds is 8. The summed E-state index contributed by atoms with van der Waals surface area (Å²) in [5, 5.41) is 5.51. The Morgan fingerprint density at radius 1 is 1.31 bits per heavy atom. The average molecular weight is 410 g/mol. The summed E-state index contributed by atoms with van der Waals surface area (Å²) in [6.07, 6.45) is 2.68. The van der Waals surface area contributed by atoms with E-state index in [1.165, 1.54) is 6.07 Å². The minimum absolute atomic E-state index is 0.108. The van der Waals surface area contributed by atoms with Gasteiger partial charge in [0, 0.05) is 19.2 Å². The highest BCUT2D eigenvalue weighted by Gasteiger charge is 2.38. The summed E-state index contributed by atoms with van der Waals surface area (Å²) >= 11 is 0. The van der Waals surface area contributed by atoms with Crippen molar-refractivity contribution >= 4 is 12.0 Å². The molecule has 1 aromatic heterocycles. The lowest BCUT2D eigenvalue weighted by molar-refractivity contribution is 0.0498. The lowest BCUT2D eigenvalue weighted by Crippen LogP contribution is -2.56. The maximum atomic E-state index is 12.9. The largest absolute Gasteiger partial charge is 0.486 e. The summed E-state index contributed by atoms with van der Waals surface area (Å²) in [6, 6.07) is 1.20. The Labute approximate surface area is 170 Å². The molecule has 0 saturated carbocycles. The molecule has 1 unspecified atom stereocenters. The highest BCUT2D eigenvalue weighted by Crippen LogP contribution is 2.21. The van der Waals surface area contributed by atoms with Crippen LogP contribution in [0.15, 0.2) is 21.5 Å². The van der Waals surface area contributed by atoms with Gasteiger partial charge in [-0.3, -0.25) is 9.59 Å². The summed E-state index contributed by atoms with van der Waals surface area (Å²) in [4.78, 5) is 37.0. The average Bonchev–Trinajstić information content (AvgIpc) is 3.09. The Kier molecular flexibility index (Phi) is 7.66. The van der Waals surface area contributed by atoms with E-state index >= 15 is 0 Å². The fourth-order valence-electron chi connectivity index (χ4n) is 2.76. The number of unbranched alkanes of at least 4 members (excludes halogenated alkanes) is 1. The maximum absolute atomic E-state index is 12.9. The molecule has 0 aliphatic carbocycles. The van der Waals surface area contributed by atoms with Crippen molar-refractivity contribution in [2.75, 3.05) is 26.4 Å². The van der Waals surface area contributed by atoms with Crippen molar-refractivity contribution in [3.8, 4) is 5.75 Å². The summed E-state index contributed by atoms with van der Waals surface area (Å²) in [5.74, 6) is -0.921. The second-order valence-corrected chi connectivity index (χ2v) is 8.04. The summed E-state index contributed by atoms with van der Waals surface area (Å²) in [7, 11) is 0. The number of amides is 2. The predicted molar refractivity (Wildman–Crippen MR) is 105 cm³/mol. The highest BCUT2D eigenvalue weighted by atomic mass is 16.6. The molecule has 162 valence electrons. The van der Waals surface area contributed by atoms with Gasteiger partial charge in [-0.1, -0.05) is 13.3 Å². The molecule has 2 heterocycles. The zero-order valence-corrected chi connectivity index (χ0v) is 17.5. The first-order valence-electron chi connectivity index (χ1n) is 9.77. The quantitative estimate of drug-likeness (QED) is 0.631. The monoisotopic (exact) mass is 410 g/mol. The van der Waals surface area contributed by atoms with Crippen molar-refractivity contribution in [3.05, 3.63) is 28.3 Å². The molecule has 1 fully saturated rings. The summed E-state index contributed by atoms with van der Waals surface area (Å²) in [6.45, 7) is 8.33. The molecule has 0 spiro atoms. The third kappa shape index (κ3) is 6.77. The lowest BCUT2D eigenvalue weighted by atomic mass is 9.98. The maximum Gasteiger partial charge on any atom is 0.407 e. The zero-order chi connectivity index (χ0) is 21.5. The smallest absolute Gasteiger partial charge is 0.407 e. The number of nitrogens with one attached hydrogen (secondary N) is 2. The lowest BCUT2D eigenvalue weighted by Gasteiger charge is -2.29. The predicted octanol–water partition coefficient (Wildman–Crippen LogP) is 2.23. The normalized spacial score (nSPS) is 18.9. The van der Waals surface area contributed by atoms with E-state index in [4.69, 9.17) is 18.6 Å². The van der Waals surface area contributed by atoms with Crippen molar-refractivity contribution in [2.24, 2.45) is 0 Å². The van der Waals surface area contributed by atoms with Crippen molar-refractivity contribution in [2.45, 2.75) is 58.1 Å². The van der Waals surface area contributed by atoms with E-state index in [-0.39, 0.29) is 24.7 Å². The van der Waals surface area contributed by atoms with Crippen molar-refractivity contribution < 1.29 is 28.2 Å². The first-order chi connectivity index (χ1) is 13.7. The van der Waals surface area contributed by atoms with E-state index in [2.05, 4.69) is 10.6 Å². The first-order valence-corrected chi connectivity index (χ1v) is 9.77. The second-order valence-electron chi connectivity index (χ2n) is 8.04. The molecule has 0 bridgehead atoms. The van der Waals surface area contributed by atoms with Gasteiger partial charge in [-0.05, 0) is 33.6 Å². The Hall–Kier alpha value is -2.55. The number of alkyl carbamates (subject to hydrolysis) is 1. The molecule has 0 radical (unpaired) electrons. The first kappa shape index (κ1) is 22.7. The number of carbonyl (C=O) groups is 2. The molecule has 1 aliphatic rings. The Morgan fingerprint density at radius 3 is 2.69 bits per heavy atom. The van der Waals surface area contributed by atoms with Gasteiger partial charge < -0.3 is 29.3 Å². The molecule has 1 aromatic rings. The molecule has 9 heteroatoms. The van der Waals surface area contributed by atoms with Gasteiger partial charge in [-0.25, -0.2) is 4.79 Å². The van der Waals surface area contributed by atoms with E-state index in [9.17, 15) is 14.4 Å². The van der Waals surface area contributed by atoms with Crippen LogP contribution in [0.1, 0.15) is 57.5 Å². The zero-order valence-electron chi connectivity index (χ0n) is 17.5. The van der Waals surface area contributed by atoms with Gasteiger partial charge in [-0.2, -0.15) is 0 Å². The molecular weight excluding hydrogens is 380 g/mol. The SMILES string of the molecule is CCCCOc1c(C(=O)NC2(CNC(=O)OC(C)(C)C)CCOC2)occc1=O. The van der Waals surface area contributed by atoms with Crippen LogP contribution in [0.25, 0.3) is 0 Å². The minimum atomic E-state index is -0.844. The van der Waals surface area contributed by atoms with Crippen LogP contribution in [0, 0.1) is 0 Å². The minimum Gasteiger partial charge on any atom is -0.486 e. The molecule has 0 aromatic carbocycles. The van der Waals surface area contributed by atoms with Crippen molar-refractivity contribution in [1.82, 2.24) is 10.6 Å². The second kappa shape index (κ2) is 9.78. The van der Waals surface area contributed by atoms with E-state index < -0.39 is 28.6 Å².